The van der Waals surface area contributed by atoms with Gasteiger partial charge in [-0.15, -0.1) is 0 Å². The molecule has 2 aromatic rings. The monoisotopic (exact) mass is 335 g/mol. The second kappa shape index (κ2) is 5.01. The van der Waals surface area contributed by atoms with Crippen molar-refractivity contribution in [2.24, 2.45) is 7.05 Å². The molecular weight excluding hydrogens is 322 g/mol. The van der Waals surface area contributed by atoms with E-state index in [1.807, 2.05) is 0 Å². The second-order valence-electron chi connectivity index (χ2n) is 4.95. The average Bonchev–Trinajstić information content (AvgIpc) is 2.47. The van der Waals surface area contributed by atoms with E-state index in [9.17, 15) is 9.59 Å². The van der Waals surface area contributed by atoms with Crippen LogP contribution in [0, 0.1) is 0 Å². The minimum absolute atomic E-state index is 0.202. The zero-order valence-corrected chi connectivity index (χ0v) is 12.7. The Morgan fingerprint density at radius 2 is 1.95 bits per heavy atom. The van der Waals surface area contributed by atoms with Crippen molar-refractivity contribution in [3.05, 3.63) is 55.0 Å². The lowest BCUT2D eigenvalue weighted by Gasteiger charge is -2.20. The molecule has 0 bridgehead atoms. The number of pyridine rings is 1. The highest BCUT2D eigenvalue weighted by Gasteiger charge is 2.20. The van der Waals surface area contributed by atoms with Crippen LogP contribution in [0.2, 0.25) is 0 Å². The summed E-state index contributed by atoms with van der Waals surface area (Å²) in [4.78, 5) is 29.1. The Balaban J connectivity index is 2.32. The van der Waals surface area contributed by atoms with Gasteiger partial charge < -0.3 is 4.57 Å². The first-order valence-electron chi connectivity index (χ1n) is 6.55. The number of aromatic nitrogens is 3. The zero-order chi connectivity index (χ0) is 14.3. The Kier molecular flexibility index (Phi) is 3.33. The van der Waals surface area contributed by atoms with E-state index < -0.39 is 0 Å². The molecule has 2 heterocycles. The maximum atomic E-state index is 12.6. The van der Waals surface area contributed by atoms with E-state index >= 15 is 0 Å². The number of halogens is 1. The molecule has 3 rings (SSSR count). The fourth-order valence-electron chi connectivity index (χ4n) is 2.71. The summed E-state index contributed by atoms with van der Waals surface area (Å²) in [6, 6.07) is 3.44. The first-order chi connectivity index (χ1) is 9.59. The molecule has 0 saturated heterocycles. The predicted molar refractivity (Wildman–Crippen MR) is 79.4 cm³/mol. The van der Waals surface area contributed by atoms with Crippen molar-refractivity contribution in [3.8, 4) is 5.69 Å². The Morgan fingerprint density at radius 1 is 1.20 bits per heavy atom. The van der Waals surface area contributed by atoms with Crippen molar-refractivity contribution in [1.82, 2.24) is 14.1 Å². The van der Waals surface area contributed by atoms with E-state index in [0.717, 1.165) is 36.9 Å². The summed E-state index contributed by atoms with van der Waals surface area (Å²) >= 11 is 3.25. The first kappa shape index (κ1) is 13.3. The minimum Gasteiger partial charge on any atom is -0.300 e. The van der Waals surface area contributed by atoms with Crippen LogP contribution in [0.1, 0.15) is 24.1 Å². The summed E-state index contributed by atoms with van der Waals surface area (Å²) in [5.41, 5.74) is 1.65. The van der Waals surface area contributed by atoms with Crippen molar-refractivity contribution in [1.29, 1.82) is 0 Å². The van der Waals surface area contributed by atoms with Crippen LogP contribution in [-0.4, -0.2) is 14.1 Å². The quantitative estimate of drug-likeness (QED) is 0.743. The molecule has 5 nitrogen and oxygen atoms in total. The Morgan fingerprint density at radius 3 is 2.65 bits per heavy atom. The largest absolute Gasteiger partial charge is 0.335 e. The van der Waals surface area contributed by atoms with Crippen LogP contribution in [0.5, 0.6) is 0 Å². The molecule has 104 valence electrons. The molecule has 0 N–H and O–H groups in total. The molecule has 0 radical (unpaired) electrons. The highest BCUT2D eigenvalue weighted by molar-refractivity contribution is 9.10. The zero-order valence-electron chi connectivity index (χ0n) is 11.1. The van der Waals surface area contributed by atoms with Gasteiger partial charge in [0.15, 0.2) is 0 Å². The van der Waals surface area contributed by atoms with Gasteiger partial charge >= 0.3 is 5.69 Å². The average molecular weight is 336 g/mol. The Hall–Kier alpha value is -1.69. The standard InChI is InChI=1S/C14H14BrN3O2/c1-17-11-5-3-2-4-10(11)13(19)18(14(17)20)9-6-7-12(15)16-8-9/h6-8H,2-5H2,1H3. The molecule has 0 aliphatic heterocycles. The van der Waals surface area contributed by atoms with Crippen LogP contribution in [0.3, 0.4) is 0 Å². The molecule has 0 spiro atoms. The lowest BCUT2D eigenvalue weighted by Crippen LogP contribution is -2.42. The van der Waals surface area contributed by atoms with Gasteiger partial charge in [0.05, 0.1) is 11.9 Å². The van der Waals surface area contributed by atoms with Crippen molar-refractivity contribution >= 4 is 15.9 Å². The Labute approximate surface area is 124 Å². The smallest absolute Gasteiger partial charge is 0.300 e. The summed E-state index contributed by atoms with van der Waals surface area (Å²) < 4.78 is 3.48. The summed E-state index contributed by atoms with van der Waals surface area (Å²) in [6.07, 6.45) is 5.10. The van der Waals surface area contributed by atoms with E-state index in [1.54, 1.807) is 23.7 Å². The van der Waals surface area contributed by atoms with E-state index in [4.69, 9.17) is 0 Å². The molecule has 0 aromatic carbocycles. The number of fused-ring (bicyclic) bond motifs is 1. The molecule has 0 amide bonds. The van der Waals surface area contributed by atoms with E-state index in [1.165, 1.54) is 10.8 Å². The minimum atomic E-state index is -0.306. The van der Waals surface area contributed by atoms with E-state index in [2.05, 4.69) is 20.9 Å². The molecule has 1 aliphatic carbocycles. The number of hydrogen-bond acceptors (Lipinski definition) is 3. The summed E-state index contributed by atoms with van der Waals surface area (Å²) in [5, 5.41) is 0. The van der Waals surface area contributed by atoms with Crippen LogP contribution in [0.25, 0.3) is 5.69 Å². The van der Waals surface area contributed by atoms with Gasteiger partial charge in [0.1, 0.15) is 4.60 Å². The molecule has 0 saturated carbocycles. The van der Waals surface area contributed by atoms with Crippen molar-refractivity contribution in [2.45, 2.75) is 25.7 Å². The lowest BCUT2D eigenvalue weighted by atomic mass is 9.97. The van der Waals surface area contributed by atoms with Gasteiger partial charge in [-0.2, -0.15) is 0 Å². The van der Waals surface area contributed by atoms with Gasteiger partial charge in [-0.25, -0.2) is 14.3 Å². The third kappa shape index (κ3) is 2.04. The van der Waals surface area contributed by atoms with Gasteiger partial charge in [-0.3, -0.25) is 4.79 Å². The molecule has 20 heavy (non-hydrogen) atoms. The maximum absolute atomic E-state index is 12.6. The number of nitrogens with zero attached hydrogens (tertiary/aromatic N) is 3. The fourth-order valence-corrected chi connectivity index (χ4v) is 2.94. The normalized spacial score (nSPS) is 14.1. The van der Waals surface area contributed by atoms with Crippen molar-refractivity contribution in [2.75, 3.05) is 0 Å². The summed E-state index contributed by atoms with van der Waals surface area (Å²) in [7, 11) is 1.73. The fraction of sp³-hybridized carbons (Fsp3) is 0.357. The SMILES string of the molecule is Cn1c2c(c(=O)n(-c3ccc(Br)nc3)c1=O)CCCC2. The molecule has 0 fully saturated rings. The third-order valence-electron chi connectivity index (χ3n) is 3.75. The highest BCUT2D eigenvalue weighted by Crippen LogP contribution is 2.17. The lowest BCUT2D eigenvalue weighted by molar-refractivity contribution is 0.586. The Bertz CT molecular complexity index is 775. The number of hydrogen-bond donors (Lipinski definition) is 0. The molecule has 6 heteroatoms. The number of rotatable bonds is 1. The van der Waals surface area contributed by atoms with Crippen LogP contribution in [-0.2, 0) is 19.9 Å². The molecule has 2 aromatic heterocycles. The summed E-state index contributed by atoms with van der Waals surface area (Å²) in [6.45, 7) is 0. The molecule has 0 unspecified atom stereocenters. The maximum Gasteiger partial charge on any atom is 0.335 e. The van der Waals surface area contributed by atoms with Gasteiger partial charge in [-0.1, -0.05) is 0 Å². The highest BCUT2D eigenvalue weighted by atomic mass is 79.9. The van der Waals surface area contributed by atoms with Crippen LogP contribution < -0.4 is 11.2 Å². The van der Waals surface area contributed by atoms with Crippen molar-refractivity contribution < 1.29 is 0 Å². The summed E-state index contributed by atoms with van der Waals surface area (Å²) in [5.74, 6) is 0. The van der Waals surface area contributed by atoms with Crippen molar-refractivity contribution in [3.63, 3.8) is 0 Å². The van der Waals surface area contributed by atoms with Crippen LogP contribution >= 0.6 is 15.9 Å². The van der Waals surface area contributed by atoms with Crippen LogP contribution in [0.15, 0.2) is 32.5 Å². The molecule has 0 atom stereocenters. The molecule has 1 aliphatic rings. The van der Waals surface area contributed by atoms with Gasteiger partial charge in [0.2, 0.25) is 0 Å². The van der Waals surface area contributed by atoms with Gasteiger partial charge in [-0.05, 0) is 53.7 Å². The van der Waals surface area contributed by atoms with Gasteiger partial charge in [0, 0.05) is 18.3 Å². The third-order valence-corrected chi connectivity index (χ3v) is 4.22. The first-order valence-corrected chi connectivity index (χ1v) is 7.34. The molecular formula is C14H14BrN3O2. The predicted octanol–water partition coefficient (Wildman–Crippen LogP) is 1.57. The van der Waals surface area contributed by atoms with E-state index in [-0.39, 0.29) is 11.2 Å². The second-order valence-corrected chi connectivity index (χ2v) is 5.77. The topological polar surface area (TPSA) is 56.9 Å². The van der Waals surface area contributed by atoms with Gasteiger partial charge in [0.25, 0.3) is 5.56 Å². The van der Waals surface area contributed by atoms with E-state index in [0.29, 0.717) is 10.3 Å². The van der Waals surface area contributed by atoms with Crippen LogP contribution in [0.4, 0.5) is 0 Å².